The molecule has 0 saturated carbocycles. The van der Waals surface area contributed by atoms with E-state index in [9.17, 15) is 4.79 Å². The molecule has 1 unspecified atom stereocenters. The number of carbonyl (C=O) groups excluding carboxylic acids is 1. The van der Waals surface area contributed by atoms with Crippen molar-refractivity contribution in [1.82, 2.24) is 14.9 Å². The molecule has 2 aliphatic heterocycles. The normalized spacial score (nSPS) is 21.8. The van der Waals surface area contributed by atoms with Gasteiger partial charge in [-0.1, -0.05) is 20.8 Å². The van der Waals surface area contributed by atoms with Crippen LogP contribution in [0.3, 0.4) is 0 Å². The zero-order valence-corrected chi connectivity index (χ0v) is 16.6. The zero-order valence-electron chi connectivity index (χ0n) is 16.6. The number of piperidine rings is 1. The van der Waals surface area contributed by atoms with Gasteiger partial charge in [-0.15, -0.1) is 0 Å². The van der Waals surface area contributed by atoms with Crippen molar-refractivity contribution >= 4 is 11.7 Å². The van der Waals surface area contributed by atoms with E-state index in [2.05, 4.69) is 22.9 Å². The van der Waals surface area contributed by atoms with E-state index in [1.165, 1.54) is 0 Å². The fourth-order valence-electron chi connectivity index (χ4n) is 3.72. The Hall–Kier alpha value is -1.69. The Bertz CT molecular complexity index is 641. The molecule has 26 heavy (non-hydrogen) atoms. The molecule has 144 valence electrons. The Morgan fingerprint density at radius 2 is 2.00 bits per heavy atom. The minimum atomic E-state index is -0.289. The number of aryl methyl sites for hydroxylation is 1. The molecule has 0 bridgehead atoms. The number of rotatable bonds is 4. The Balaban J connectivity index is 1.77. The third kappa shape index (κ3) is 4.17. The van der Waals surface area contributed by atoms with Gasteiger partial charge in [0.1, 0.15) is 11.6 Å². The van der Waals surface area contributed by atoms with Gasteiger partial charge in [-0.3, -0.25) is 4.79 Å². The number of morpholine rings is 1. The number of hydrogen-bond donors (Lipinski definition) is 0. The lowest BCUT2D eigenvalue weighted by Gasteiger charge is -2.37. The summed E-state index contributed by atoms with van der Waals surface area (Å²) in [6.07, 6.45) is 2.97. The molecule has 6 heteroatoms. The Morgan fingerprint density at radius 1 is 1.27 bits per heavy atom. The first kappa shape index (κ1) is 19.1. The number of nitrogens with zero attached hydrogens (tertiary/aromatic N) is 4. The van der Waals surface area contributed by atoms with Crippen LogP contribution in [0.25, 0.3) is 0 Å². The van der Waals surface area contributed by atoms with E-state index in [0.29, 0.717) is 5.92 Å². The predicted octanol–water partition coefficient (Wildman–Crippen LogP) is 2.76. The molecule has 0 radical (unpaired) electrons. The molecule has 0 aromatic carbocycles. The second-order valence-corrected chi connectivity index (χ2v) is 8.13. The number of amides is 1. The second kappa shape index (κ2) is 7.91. The quantitative estimate of drug-likeness (QED) is 0.826. The van der Waals surface area contributed by atoms with Gasteiger partial charge in [-0.05, 0) is 26.2 Å². The summed E-state index contributed by atoms with van der Waals surface area (Å²) in [4.78, 5) is 26.6. The highest BCUT2D eigenvalue weighted by atomic mass is 16.5. The number of anilines is 1. The highest BCUT2D eigenvalue weighted by molar-refractivity contribution is 5.82. The van der Waals surface area contributed by atoms with Gasteiger partial charge in [-0.25, -0.2) is 9.97 Å². The van der Waals surface area contributed by atoms with Crippen LogP contribution in [0.2, 0.25) is 0 Å². The average molecular weight is 361 g/mol. The van der Waals surface area contributed by atoms with E-state index < -0.39 is 0 Å². The first-order valence-electron chi connectivity index (χ1n) is 9.88. The SMILES string of the molecule is CCC(C)(C)C(=O)N1CCCC(c2cc(N3CCOCC3)nc(C)n2)C1. The van der Waals surface area contributed by atoms with Crippen LogP contribution in [-0.2, 0) is 9.53 Å². The van der Waals surface area contributed by atoms with Crippen molar-refractivity contribution in [3.8, 4) is 0 Å². The highest BCUT2D eigenvalue weighted by Crippen LogP contribution is 2.31. The second-order valence-electron chi connectivity index (χ2n) is 8.13. The zero-order chi connectivity index (χ0) is 18.7. The summed E-state index contributed by atoms with van der Waals surface area (Å²) in [5.41, 5.74) is 0.786. The summed E-state index contributed by atoms with van der Waals surface area (Å²) in [7, 11) is 0. The van der Waals surface area contributed by atoms with Gasteiger partial charge in [0, 0.05) is 43.6 Å². The van der Waals surface area contributed by atoms with Gasteiger partial charge >= 0.3 is 0 Å². The van der Waals surface area contributed by atoms with Gasteiger partial charge in [-0.2, -0.15) is 0 Å². The van der Waals surface area contributed by atoms with Crippen molar-refractivity contribution in [2.75, 3.05) is 44.3 Å². The number of likely N-dealkylation sites (tertiary alicyclic amines) is 1. The summed E-state index contributed by atoms with van der Waals surface area (Å²) in [5.74, 6) is 2.36. The molecular weight excluding hydrogens is 328 g/mol. The van der Waals surface area contributed by atoms with E-state index in [1.54, 1.807) is 0 Å². The maximum Gasteiger partial charge on any atom is 0.228 e. The van der Waals surface area contributed by atoms with Crippen LogP contribution in [0.15, 0.2) is 6.07 Å². The van der Waals surface area contributed by atoms with E-state index in [0.717, 1.165) is 76.0 Å². The van der Waals surface area contributed by atoms with Crippen molar-refractivity contribution in [1.29, 1.82) is 0 Å². The van der Waals surface area contributed by atoms with E-state index in [1.807, 2.05) is 25.7 Å². The summed E-state index contributed by atoms with van der Waals surface area (Å²) in [6.45, 7) is 13.0. The molecule has 2 aliphatic rings. The molecule has 0 N–H and O–H groups in total. The first-order chi connectivity index (χ1) is 12.4. The fraction of sp³-hybridized carbons (Fsp3) is 0.750. The Morgan fingerprint density at radius 3 is 2.69 bits per heavy atom. The number of hydrogen-bond acceptors (Lipinski definition) is 5. The van der Waals surface area contributed by atoms with Crippen molar-refractivity contribution in [2.45, 2.75) is 52.9 Å². The summed E-state index contributed by atoms with van der Waals surface area (Å²) < 4.78 is 5.45. The van der Waals surface area contributed by atoms with Crippen molar-refractivity contribution in [3.05, 3.63) is 17.6 Å². The summed E-state index contributed by atoms with van der Waals surface area (Å²) in [6, 6.07) is 2.13. The molecule has 1 amide bonds. The molecule has 6 nitrogen and oxygen atoms in total. The topological polar surface area (TPSA) is 58.6 Å². The minimum absolute atomic E-state index is 0.267. The minimum Gasteiger partial charge on any atom is -0.378 e. The molecular formula is C20H32N4O2. The Kier molecular flexibility index (Phi) is 5.80. The summed E-state index contributed by atoms with van der Waals surface area (Å²) in [5, 5.41) is 0. The van der Waals surface area contributed by atoms with Gasteiger partial charge in [0.2, 0.25) is 5.91 Å². The Labute approximate surface area is 156 Å². The standard InChI is InChI=1S/C20H32N4O2/c1-5-20(3,4)19(25)24-8-6-7-16(14-24)17-13-18(22-15(2)21-17)23-9-11-26-12-10-23/h13,16H,5-12,14H2,1-4H3. The maximum absolute atomic E-state index is 12.9. The van der Waals surface area contributed by atoms with E-state index in [-0.39, 0.29) is 11.3 Å². The van der Waals surface area contributed by atoms with Crippen LogP contribution in [0.4, 0.5) is 5.82 Å². The van der Waals surface area contributed by atoms with E-state index in [4.69, 9.17) is 9.72 Å². The van der Waals surface area contributed by atoms with Crippen LogP contribution in [0, 0.1) is 12.3 Å². The third-order valence-electron chi connectivity index (χ3n) is 5.77. The predicted molar refractivity (Wildman–Crippen MR) is 102 cm³/mol. The molecule has 3 rings (SSSR count). The number of ether oxygens (including phenoxy) is 1. The highest BCUT2D eigenvalue weighted by Gasteiger charge is 2.34. The van der Waals surface area contributed by atoms with Crippen molar-refractivity contribution < 1.29 is 9.53 Å². The van der Waals surface area contributed by atoms with Crippen LogP contribution in [0.5, 0.6) is 0 Å². The average Bonchev–Trinajstić information content (AvgIpc) is 2.67. The lowest BCUT2D eigenvalue weighted by atomic mass is 9.86. The largest absolute Gasteiger partial charge is 0.378 e. The smallest absolute Gasteiger partial charge is 0.228 e. The molecule has 2 fully saturated rings. The first-order valence-corrected chi connectivity index (χ1v) is 9.88. The third-order valence-corrected chi connectivity index (χ3v) is 5.77. The van der Waals surface area contributed by atoms with Crippen molar-refractivity contribution in [2.24, 2.45) is 5.41 Å². The van der Waals surface area contributed by atoms with Crippen LogP contribution in [-0.4, -0.2) is 60.2 Å². The number of carbonyl (C=O) groups is 1. The fourth-order valence-corrected chi connectivity index (χ4v) is 3.72. The number of aromatic nitrogens is 2. The molecule has 0 spiro atoms. The monoisotopic (exact) mass is 360 g/mol. The maximum atomic E-state index is 12.9. The van der Waals surface area contributed by atoms with Gasteiger partial charge < -0.3 is 14.5 Å². The van der Waals surface area contributed by atoms with Crippen LogP contribution < -0.4 is 4.90 Å². The van der Waals surface area contributed by atoms with Crippen molar-refractivity contribution in [3.63, 3.8) is 0 Å². The van der Waals surface area contributed by atoms with Gasteiger partial charge in [0.15, 0.2) is 0 Å². The lowest BCUT2D eigenvalue weighted by Crippen LogP contribution is -2.45. The van der Waals surface area contributed by atoms with Gasteiger partial charge in [0.25, 0.3) is 0 Å². The molecule has 3 heterocycles. The molecule has 1 aromatic rings. The summed E-state index contributed by atoms with van der Waals surface area (Å²) >= 11 is 0. The molecule has 2 saturated heterocycles. The van der Waals surface area contributed by atoms with Crippen LogP contribution in [0.1, 0.15) is 57.5 Å². The molecule has 1 atom stereocenters. The van der Waals surface area contributed by atoms with Crippen LogP contribution >= 0.6 is 0 Å². The molecule has 1 aromatic heterocycles. The van der Waals surface area contributed by atoms with E-state index >= 15 is 0 Å². The molecule has 0 aliphatic carbocycles. The van der Waals surface area contributed by atoms with Gasteiger partial charge in [0.05, 0.1) is 18.9 Å². The lowest BCUT2D eigenvalue weighted by molar-refractivity contribution is -0.141.